The minimum atomic E-state index is -3.81. The number of hydrogen-bond donors (Lipinski definition) is 2. The van der Waals surface area contributed by atoms with E-state index in [4.69, 9.17) is 4.74 Å². The fourth-order valence-electron chi connectivity index (χ4n) is 1.44. The van der Waals surface area contributed by atoms with Gasteiger partial charge in [0, 0.05) is 6.20 Å². The number of nitrogens with one attached hydrogen (secondary N) is 2. The second kappa shape index (κ2) is 5.92. The molecule has 7 nitrogen and oxygen atoms in total. The summed E-state index contributed by atoms with van der Waals surface area (Å²) >= 11 is 0. The van der Waals surface area contributed by atoms with E-state index in [-0.39, 0.29) is 10.8 Å². The lowest BCUT2D eigenvalue weighted by atomic mass is 10.1. The molecule has 20 heavy (non-hydrogen) atoms. The summed E-state index contributed by atoms with van der Waals surface area (Å²) in [5.74, 6) is -0.842. The summed E-state index contributed by atoms with van der Waals surface area (Å²) < 4.78 is 31.8. The van der Waals surface area contributed by atoms with Crippen LogP contribution in [-0.4, -0.2) is 36.2 Å². The van der Waals surface area contributed by atoms with Gasteiger partial charge in [-0.05, 0) is 26.7 Å². The third-order valence-electron chi connectivity index (χ3n) is 2.39. The van der Waals surface area contributed by atoms with Crippen molar-refractivity contribution in [1.82, 2.24) is 14.9 Å². The van der Waals surface area contributed by atoms with Gasteiger partial charge < -0.3 is 4.74 Å². The lowest BCUT2D eigenvalue weighted by Crippen LogP contribution is -2.47. The zero-order chi connectivity index (χ0) is 15.6. The van der Waals surface area contributed by atoms with Crippen molar-refractivity contribution in [3.8, 4) is 0 Å². The number of carbonyl (C=O) groups is 1. The van der Waals surface area contributed by atoms with Gasteiger partial charge in [0.2, 0.25) is 10.0 Å². The van der Waals surface area contributed by atoms with E-state index in [1.54, 1.807) is 34.6 Å². The standard InChI is InChI=1S/C12H21N3O4S/c1-8(2)10(11(16)19-12(3,4)5)15-20(17,18)9-6-13-14-7-9/h6-8,10,15H,1-5H3,(H,13,14)/t10-/m0/s1. The molecule has 114 valence electrons. The Hall–Kier alpha value is -1.41. The van der Waals surface area contributed by atoms with Crippen molar-refractivity contribution in [2.45, 2.75) is 51.2 Å². The number of esters is 1. The molecular formula is C12H21N3O4S. The van der Waals surface area contributed by atoms with Crippen LogP contribution in [0, 0.1) is 5.92 Å². The van der Waals surface area contributed by atoms with Crippen molar-refractivity contribution in [2.75, 3.05) is 0 Å². The van der Waals surface area contributed by atoms with Gasteiger partial charge in [-0.1, -0.05) is 13.8 Å². The van der Waals surface area contributed by atoms with Crippen LogP contribution in [0.25, 0.3) is 0 Å². The lowest BCUT2D eigenvalue weighted by molar-refractivity contribution is -0.158. The van der Waals surface area contributed by atoms with Crippen LogP contribution in [0.5, 0.6) is 0 Å². The van der Waals surface area contributed by atoms with Crippen LogP contribution < -0.4 is 4.72 Å². The maximum Gasteiger partial charge on any atom is 0.324 e. The third-order valence-corrected chi connectivity index (χ3v) is 3.80. The number of sulfonamides is 1. The van der Waals surface area contributed by atoms with E-state index < -0.39 is 27.6 Å². The Morgan fingerprint density at radius 3 is 2.40 bits per heavy atom. The average molecular weight is 303 g/mol. The molecule has 0 aromatic carbocycles. The molecule has 0 spiro atoms. The van der Waals surface area contributed by atoms with E-state index in [0.717, 1.165) is 0 Å². The van der Waals surface area contributed by atoms with E-state index >= 15 is 0 Å². The molecule has 0 amide bonds. The minimum Gasteiger partial charge on any atom is -0.459 e. The maximum absolute atomic E-state index is 12.1. The van der Waals surface area contributed by atoms with Crippen molar-refractivity contribution in [3.05, 3.63) is 12.4 Å². The minimum absolute atomic E-state index is 0.0216. The highest BCUT2D eigenvalue weighted by molar-refractivity contribution is 7.89. The molecule has 1 heterocycles. The Kier molecular flexibility index (Phi) is 4.93. The predicted molar refractivity (Wildman–Crippen MR) is 73.4 cm³/mol. The number of hydrogen-bond acceptors (Lipinski definition) is 5. The number of H-pyrrole nitrogens is 1. The van der Waals surface area contributed by atoms with Crippen LogP contribution >= 0.6 is 0 Å². The molecule has 0 saturated carbocycles. The first-order valence-corrected chi connectivity index (χ1v) is 7.75. The maximum atomic E-state index is 12.1. The molecule has 0 aliphatic rings. The van der Waals surface area contributed by atoms with Gasteiger partial charge in [-0.15, -0.1) is 0 Å². The molecule has 1 aromatic rings. The average Bonchev–Trinajstić information content (AvgIpc) is 2.76. The van der Waals surface area contributed by atoms with Crippen LogP contribution in [0.3, 0.4) is 0 Å². The second-order valence-corrected chi connectivity index (χ2v) is 7.52. The van der Waals surface area contributed by atoms with Gasteiger partial charge in [-0.3, -0.25) is 9.89 Å². The molecule has 1 aromatic heterocycles. The zero-order valence-corrected chi connectivity index (χ0v) is 13.1. The highest BCUT2D eigenvalue weighted by atomic mass is 32.2. The molecule has 2 N–H and O–H groups in total. The largest absolute Gasteiger partial charge is 0.459 e. The zero-order valence-electron chi connectivity index (χ0n) is 12.3. The second-order valence-electron chi connectivity index (χ2n) is 5.81. The summed E-state index contributed by atoms with van der Waals surface area (Å²) in [5, 5.41) is 6.00. The van der Waals surface area contributed by atoms with Gasteiger partial charge in [-0.2, -0.15) is 9.82 Å². The van der Waals surface area contributed by atoms with Gasteiger partial charge in [0.15, 0.2) is 0 Å². The predicted octanol–water partition coefficient (Wildman–Crippen LogP) is 1.05. The Morgan fingerprint density at radius 2 is 2.00 bits per heavy atom. The van der Waals surface area contributed by atoms with Crippen LogP contribution in [0.1, 0.15) is 34.6 Å². The summed E-state index contributed by atoms with van der Waals surface area (Å²) in [6.45, 7) is 8.67. The van der Waals surface area contributed by atoms with Crippen LogP contribution in [-0.2, 0) is 19.6 Å². The molecule has 0 bridgehead atoms. The first kappa shape index (κ1) is 16.6. The van der Waals surface area contributed by atoms with E-state index in [0.29, 0.717) is 0 Å². The van der Waals surface area contributed by atoms with Gasteiger partial charge in [0.05, 0.1) is 6.20 Å². The highest BCUT2D eigenvalue weighted by Crippen LogP contribution is 2.15. The SMILES string of the molecule is CC(C)[C@H](NS(=O)(=O)c1cn[nH]c1)C(=O)OC(C)(C)C. The molecule has 0 aliphatic heterocycles. The Morgan fingerprint density at radius 1 is 1.40 bits per heavy atom. The topological polar surface area (TPSA) is 101 Å². The summed E-state index contributed by atoms with van der Waals surface area (Å²) in [6.07, 6.45) is 2.42. The molecule has 0 fully saturated rings. The highest BCUT2D eigenvalue weighted by Gasteiger charge is 2.32. The molecule has 0 unspecified atom stereocenters. The quantitative estimate of drug-likeness (QED) is 0.792. The fraction of sp³-hybridized carbons (Fsp3) is 0.667. The molecular weight excluding hydrogens is 282 g/mol. The third kappa shape index (κ3) is 4.61. The van der Waals surface area contributed by atoms with Crippen molar-refractivity contribution in [3.63, 3.8) is 0 Å². The number of rotatable bonds is 5. The van der Waals surface area contributed by atoms with Crippen LogP contribution in [0.4, 0.5) is 0 Å². The first-order chi connectivity index (χ1) is 9.03. The first-order valence-electron chi connectivity index (χ1n) is 6.27. The van der Waals surface area contributed by atoms with Gasteiger partial charge in [0.25, 0.3) is 0 Å². The fourth-order valence-corrected chi connectivity index (χ4v) is 2.68. The van der Waals surface area contributed by atoms with E-state index in [9.17, 15) is 13.2 Å². The number of aromatic nitrogens is 2. The van der Waals surface area contributed by atoms with E-state index in [1.165, 1.54) is 12.4 Å². The smallest absolute Gasteiger partial charge is 0.324 e. The normalized spacial score (nSPS) is 14.3. The van der Waals surface area contributed by atoms with Crippen LogP contribution in [0.2, 0.25) is 0 Å². The number of aromatic amines is 1. The number of carbonyl (C=O) groups excluding carboxylic acids is 1. The molecule has 0 radical (unpaired) electrons. The van der Waals surface area contributed by atoms with Crippen LogP contribution in [0.15, 0.2) is 17.3 Å². The molecule has 1 atom stereocenters. The Labute approximate surface area is 119 Å². The molecule has 0 saturated heterocycles. The van der Waals surface area contributed by atoms with Gasteiger partial charge in [-0.25, -0.2) is 8.42 Å². The van der Waals surface area contributed by atoms with Gasteiger partial charge >= 0.3 is 5.97 Å². The number of ether oxygens (including phenoxy) is 1. The van der Waals surface area contributed by atoms with Gasteiger partial charge in [0.1, 0.15) is 16.5 Å². The van der Waals surface area contributed by atoms with Crippen molar-refractivity contribution >= 4 is 16.0 Å². The van der Waals surface area contributed by atoms with E-state index in [2.05, 4.69) is 14.9 Å². The lowest BCUT2D eigenvalue weighted by Gasteiger charge is -2.26. The summed E-state index contributed by atoms with van der Waals surface area (Å²) in [5.41, 5.74) is -0.675. The van der Waals surface area contributed by atoms with Crippen molar-refractivity contribution in [1.29, 1.82) is 0 Å². The Balaban J connectivity index is 2.91. The molecule has 8 heteroatoms. The summed E-state index contributed by atoms with van der Waals surface area (Å²) in [7, 11) is -3.81. The van der Waals surface area contributed by atoms with Crippen molar-refractivity contribution in [2.24, 2.45) is 5.92 Å². The summed E-state index contributed by atoms with van der Waals surface area (Å²) in [4.78, 5) is 12.1. The van der Waals surface area contributed by atoms with Crippen molar-refractivity contribution < 1.29 is 17.9 Å². The molecule has 1 rings (SSSR count). The Bertz CT molecular complexity index is 544. The summed E-state index contributed by atoms with van der Waals surface area (Å²) in [6, 6.07) is -0.950. The van der Waals surface area contributed by atoms with E-state index in [1.807, 2.05) is 0 Å². The monoisotopic (exact) mass is 303 g/mol. The molecule has 0 aliphatic carbocycles. The number of nitrogens with zero attached hydrogens (tertiary/aromatic N) is 1.